The predicted molar refractivity (Wildman–Crippen MR) is 139 cm³/mol. The molecule has 1 heterocycles. The molecule has 3 aromatic carbocycles. The smallest absolute Gasteiger partial charge is 0.217 e. The van der Waals surface area contributed by atoms with Crippen LogP contribution in [0.15, 0.2) is 77.3 Å². The van der Waals surface area contributed by atoms with E-state index in [4.69, 9.17) is 0 Å². The van der Waals surface area contributed by atoms with Crippen molar-refractivity contribution in [2.45, 2.75) is 44.1 Å². The van der Waals surface area contributed by atoms with Crippen LogP contribution in [0.2, 0.25) is 0 Å². The minimum atomic E-state index is -0.339. The van der Waals surface area contributed by atoms with Crippen molar-refractivity contribution in [2.24, 2.45) is 0 Å². The Kier molecular flexibility index (Phi) is 8.34. The number of nitrogens with one attached hydrogen (secondary N) is 1. The van der Waals surface area contributed by atoms with E-state index in [0.29, 0.717) is 0 Å². The summed E-state index contributed by atoms with van der Waals surface area (Å²) in [5.41, 5.74) is 2.88. The van der Waals surface area contributed by atoms with Crippen molar-refractivity contribution in [1.82, 2.24) is 10.2 Å². The number of hydrogen-bond acceptors (Lipinski definition) is 2. The molecule has 3 aromatic rings. The molecular formula is C29H31BrF2N2O. The van der Waals surface area contributed by atoms with Crippen LogP contribution in [-0.2, 0) is 10.3 Å². The third-order valence-electron chi connectivity index (χ3n) is 7.03. The maximum Gasteiger partial charge on any atom is 0.217 e. The Morgan fingerprint density at radius 1 is 0.914 bits per heavy atom. The summed E-state index contributed by atoms with van der Waals surface area (Å²) in [6.07, 6.45) is 3.56. The zero-order valence-electron chi connectivity index (χ0n) is 19.9. The Morgan fingerprint density at radius 3 is 1.91 bits per heavy atom. The maximum absolute atomic E-state index is 13.5. The molecular weight excluding hydrogens is 510 g/mol. The van der Waals surface area contributed by atoms with Crippen molar-refractivity contribution >= 4 is 21.8 Å². The van der Waals surface area contributed by atoms with E-state index in [1.54, 1.807) is 6.92 Å². The monoisotopic (exact) mass is 540 g/mol. The van der Waals surface area contributed by atoms with Gasteiger partial charge in [-0.15, -0.1) is 0 Å². The van der Waals surface area contributed by atoms with Crippen LogP contribution in [0.5, 0.6) is 0 Å². The molecule has 6 heteroatoms. The van der Waals surface area contributed by atoms with E-state index in [1.807, 2.05) is 36.4 Å². The van der Waals surface area contributed by atoms with Crippen LogP contribution < -0.4 is 5.32 Å². The molecule has 1 saturated heterocycles. The number of halogens is 3. The number of benzene rings is 3. The van der Waals surface area contributed by atoms with Crippen LogP contribution in [0.3, 0.4) is 0 Å². The Hall–Kier alpha value is -2.57. The first-order valence-corrected chi connectivity index (χ1v) is 12.9. The number of likely N-dealkylation sites (tertiary alicyclic amines) is 1. The van der Waals surface area contributed by atoms with E-state index in [0.717, 1.165) is 66.5 Å². The van der Waals surface area contributed by atoms with Gasteiger partial charge in [-0.2, -0.15) is 0 Å². The number of piperidine rings is 1. The molecule has 1 aliphatic rings. The van der Waals surface area contributed by atoms with Gasteiger partial charge in [-0.25, -0.2) is 8.78 Å². The summed E-state index contributed by atoms with van der Waals surface area (Å²) in [4.78, 5) is 14.5. The van der Waals surface area contributed by atoms with Gasteiger partial charge in [-0.3, -0.25) is 4.79 Å². The van der Waals surface area contributed by atoms with E-state index in [-0.39, 0.29) is 29.0 Å². The van der Waals surface area contributed by atoms with E-state index in [2.05, 4.69) is 38.3 Å². The third kappa shape index (κ3) is 6.56. The molecule has 0 aromatic heterocycles. The summed E-state index contributed by atoms with van der Waals surface area (Å²) in [5, 5.41) is 3.24. The Labute approximate surface area is 214 Å². The Morgan fingerprint density at radius 2 is 1.43 bits per heavy atom. The fourth-order valence-corrected chi connectivity index (χ4v) is 5.45. The van der Waals surface area contributed by atoms with Crippen LogP contribution in [-0.4, -0.2) is 30.4 Å². The second-order valence-corrected chi connectivity index (χ2v) is 10.3. The first-order chi connectivity index (χ1) is 16.8. The minimum absolute atomic E-state index is 0.0113. The highest BCUT2D eigenvalue weighted by atomic mass is 79.9. The Bertz CT molecular complexity index is 1060. The molecule has 0 spiro atoms. The van der Waals surface area contributed by atoms with Crippen molar-refractivity contribution in [3.05, 3.63) is 106 Å². The fraction of sp³-hybridized carbons (Fsp3) is 0.345. The van der Waals surface area contributed by atoms with Gasteiger partial charge in [0.25, 0.3) is 0 Å². The highest BCUT2D eigenvalue weighted by molar-refractivity contribution is 9.10. The standard InChI is InChI=1S/C29H31BrF2N2O/c1-21(35)33-29(24-8-10-25(30)11-9-24)16-19-34(20-17-29)18-2-3-28(22-4-12-26(31)13-5-22)23-6-14-27(32)15-7-23/h4-15,28H,2-3,16-20H2,1H3,(H,33,35). The first-order valence-electron chi connectivity index (χ1n) is 12.1. The quantitative estimate of drug-likeness (QED) is 0.342. The van der Waals surface area contributed by atoms with Crippen LogP contribution in [0.1, 0.15) is 55.2 Å². The minimum Gasteiger partial charge on any atom is -0.347 e. The van der Waals surface area contributed by atoms with E-state index < -0.39 is 0 Å². The summed E-state index contributed by atoms with van der Waals surface area (Å²) >= 11 is 3.50. The lowest BCUT2D eigenvalue weighted by Gasteiger charge is -2.43. The van der Waals surface area contributed by atoms with Gasteiger partial charge in [-0.1, -0.05) is 52.3 Å². The molecule has 0 aliphatic carbocycles. The molecule has 1 amide bonds. The van der Waals surface area contributed by atoms with Crippen LogP contribution in [0.4, 0.5) is 8.78 Å². The zero-order chi connectivity index (χ0) is 24.8. The van der Waals surface area contributed by atoms with Crippen molar-refractivity contribution in [1.29, 1.82) is 0 Å². The van der Waals surface area contributed by atoms with E-state index in [9.17, 15) is 13.6 Å². The summed E-state index contributed by atoms with van der Waals surface area (Å²) in [6, 6.07) is 21.5. The van der Waals surface area contributed by atoms with Gasteiger partial charge < -0.3 is 10.2 Å². The lowest BCUT2D eigenvalue weighted by molar-refractivity contribution is -0.121. The third-order valence-corrected chi connectivity index (χ3v) is 7.56. The number of amides is 1. The predicted octanol–water partition coefficient (Wildman–Crippen LogP) is 6.77. The molecule has 35 heavy (non-hydrogen) atoms. The first kappa shape index (κ1) is 25.5. The average molecular weight is 541 g/mol. The number of nitrogens with zero attached hydrogens (tertiary/aromatic N) is 1. The van der Waals surface area contributed by atoms with Gasteiger partial charge in [0, 0.05) is 30.4 Å². The highest BCUT2D eigenvalue weighted by Crippen LogP contribution is 2.35. The molecule has 4 rings (SSSR count). The van der Waals surface area contributed by atoms with Crippen LogP contribution in [0, 0.1) is 11.6 Å². The topological polar surface area (TPSA) is 32.3 Å². The molecule has 0 radical (unpaired) electrons. The maximum atomic E-state index is 13.5. The summed E-state index contributed by atoms with van der Waals surface area (Å²) in [7, 11) is 0. The van der Waals surface area contributed by atoms with Crippen LogP contribution in [0.25, 0.3) is 0 Å². The molecule has 1 fully saturated rings. The fourth-order valence-electron chi connectivity index (χ4n) is 5.19. The zero-order valence-corrected chi connectivity index (χ0v) is 21.5. The van der Waals surface area contributed by atoms with E-state index in [1.165, 1.54) is 24.3 Å². The molecule has 0 atom stereocenters. The van der Waals surface area contributed by atoms with Gasteiger partial charge in [0.15, 0.2) is 0 Å². The highest BCUT2D eigenvalue weighted by Gasteiger charge is 2.36. The molecule has 0 unspecified atom stereocenters. The number of rotatable bonds is 8. The molecule has 1 aliphatic heterocycles. The molecule has 0 bridgehead atoms. The van der Waals surface area contributed by atoms with Crippen molar-refractivity contribution in [3.8, 4) is 0 Å². The van der Waals surface area contributed by atoms with Crippen molar-refractivity contribution in [3.63, 3.8) is 0 Å². The number of hydrogen-bond donors (Lipinski definition) is 1. The van der Waals surface area contributed by atoms with Gasteiger partial charge in [-0.05, 0) is 85.3 Å². The molecule has 0 saturated carbocycles. The summed E-state index contributed by atoms with van der Waals surface area (Å²) < 4.78 is 28.0. The lowest BCUT2D eigenvalue weighted by atomic mass is 9.80. The Balaban J connectivity index is 1.40. The second-order valence-electron chi connectivity index (χ2n) is 9.41. The van der Waals surface area contributed by atoms with Crippen LogP contribution >= 0.6 is 15.9 Å². The largest absolute Gasteiger partial charge is 0.347 e. The molecule has 184 valence electrons. The van der Waals surface area contributed by atoms with E-state index >= 15 is 0 Å². The number of carbonyl (C=O) groups is 1. The lowest BCUT2D eigenvalue weighted by Crippen LogP contribution is -2.52. The second kappa shape index (κ2) is 11.4. The summed E-state index contributed by atoms with van der Waals surface area (Å²) in [5.74, 6) is -0.438. The van der Waals surface area contributed by atoms with Crippen molar-refractivity contribution in [2.75, 3.05) is 19.6 Å². The molecule has 3 nitrogen and oxygen atoms in total. The average Bonchev–Trinajstić information content (AvgIpc) is 2.84. The molecule has 1 N–H and O–H groups in total. The number of carbonyl (C=O) groups excluding carboxylic acids is 1. The normalized spacial score (nSPS) is 15.8. The summed E-state index contributed by atoms with van der Waals surface area (Å²) in [6.45, 7) is 4.32. The SMILES string of the molecule is CC(=O)NC1(c2ccc(Br)cc2)CCN(CCCC(c2ccc(F)cc2)c2ccc(F)cc2)CC1. The van der Waals surface area contributed by atoms with Gasteiger partial charge >= 0.3 is 0 Å². The van der Waals surface area contributed by atoms with Gasteiger partial charge in [0.2, 0.25) is 5.91 Å². The van der Waals surface area contributed by atoms with Gasteiger partial charge in [0.1, 0.15) is 11.6 Å². The van der Waals surface area contributed by atoms with Gasteiger partial charge in [0.05, 0.1) is 5.54 Å². The van der Waals surface area contributed by atoms with Crippen molar-refractivity contribution < 1.29 is 13.6 Å².